The second-order valence-corrected chi connectivity index (χ2v) is 7.09. The summed E-state index contributed by atoms with van der Waals surface area (Å²) < 4.78 is 7.15. The highest BCUT2D eigenvalue weighted by molar-refractivity contribution is 14.1. The minimum Gasteiger partial charge on any atom is -0.371 e. The Morgan fingerprint density at radius 3 is 2.59 bits per heavy atom. The van der Waals surface area contributed by atoms with Crippen molar-refractivity contribution >= 4 is 34.1 Å². The molecule has 1 N–H and O–H groups in total. The van der Waals surface area contributed by atoms with Crippen molar-refractivity contribution in [2.75, 3.05) is 16.0 Å². The van der Waals surface area contributed by atoms with Crippen molar-refractivity contribution in [3.63, 3.8) is 0 Å². The first kappa shape index (κ1) is 19.7. The summed E-state index contributed by atoms with van der Waals surface area (Å²) in [6.45, 7) is 0.524. The van der Waals surface area contributed by atoms with Crippen LogP contribution in [0, 0.1) is 17.2 Å². The summed E-state index contributed by atoms with van der Waals surface area (Å²) in [5.74, 6) is -0.170. The number of hydrogen-bond acceptors (Lipinski definition) is 7. The van der Waals surface area contributed by atoms with E-state index in [1.165, 1.54) is 5.01 Å². The zero-order valence-corrected chi connectivity index (χ0v) is 16.8. The van der Waals surface area contributed by atoms with Crippen LogP contribution in [-0.4, -0.2) is 38.0 Å². The molecule has 27 heavy (non-hydrogen) atoms. The molecule has 0 bridgehead atoms. The highest BCUT2D eigenvalue weighted by Gasteiger charge is 2.44. The van der Waals surface area contributed by atoms with E-state index in [1.807, 2.05) is 18.2 Å². The zero-order chi connectivity index (χ0) is 19.1. The van der Waals surface area contributed by atoms with E-state index < -0.39 is 18.2 Å². The molecule has 1 aliphatic heterocycles. The maximum atomic E-state index is 10.9. The van der Waals surface area contributed by atoms with Crippen molar-refractivity contribution in [3.8, 4) is 6.07 Å². The lowest BCUT2D eigenvalue weighted by atomic mass is 9.93. The molecule has 140 valence electrons. The van der Waals surface area contributed by atoms with E-state index in [1.54, 1.807) is 30.6 Å². The number of hydrazone groups is 1. The van der Waals surface area contributed by atoms with Crippen molar-refractivity contribution < 1.29 is 9.84 Å². The molecule has 0 aliphatic carbocycles. The average molecular weight is 477 g/mol. The fourth-order valence-corrected chi connectivity index (χ4v) is 3.47. The molecule has 3 atom stereocenters. The number of nitriles is 1. The third-order valence-electron chi connectivity index (χ3n) is 4.23. The summed E-state index contributed by atoms with van der Waals surface area (Å²) in [6, 6.07) is 13.0. The van der Waals surface area contributed by atoms with Gasteiger partial charge in [-0.05, 0) is 41.5 Å². The monoisotopic (exact) mass is 477 g/mol. The van der Waals surface area contributed by atoms with Gasteiger partial charge in [0.25, 0.3) is 0 Å². The summed E-state index contributed by atoms with van der Waals surface area (Å²) in [6.07, 6.45) is 3.61. The molecule has 0 spiro atoms. The minimum atomic E-state index is -1.06. The molecule has 0 radical (unpaired) electrons. The molecule has 3 unspecified atom stereocenters. The molecule has 8 heteroatoms. The molecule has 0 aromatic carbocycles. The standard InChI is InChI=1S/C19H20IN5O2/c20-9-3-6-12-27-18(14-7-1-4-10-22-14)17-15(13-21)24-25(19(17)26)16-8-2-5-11-23-16/h1-2,4-5,7-8,10-11,17-19,26H,3,6,9,12H2. The molecule has 3 heterocycles. The van der Waals surface area contributed by atoms with Crippen LogP contribution in [0.25, 0.3) is 0 Å². The number of hydrogen-bond donors (Lipinski definition) is 1. The largest absolute Gasteiger partial charge is 0.371 e. The summed E-state index contributed by atoms with van der Waals surface area (Å²) in [5, 5.41) is 26.2. The summed E-state index contributed by atoms with van der Waals surface area (Å²) >= 11 is 2.33. The van der Waals surface area contributed by atoms with E-state index in [9.17, 15) is 10.4 Å². The van der Waals surface area contributed by atoms with Crippen LogP contribution < -0.4 is 5.01 Å². The van der Waals surface area contributed by atoms with Gasteiger partial charge in [0, 0.05) is 19.0 Å². The predicted molar refractivity (Wildman–Crippen MR) is 110 cm³/mol. The van der Waals surface area contributed by atoms with Gasteiger partial charge in [-0.15, -0.1) is 0 Å². The lowest BCUT2D eigenvalue weighted by Crippen LogP contribution is -2.38. The van der Waals surface area contributed by atoms with Crippen molar-refractivity contribution in [3.05, 3.63) is 54.5 Å². The number of unbranched alkanes of at least 4 members (excludes halogenated alkanes) is 1. The lowest BCUT2D eigenvalue weighted by molar-refractivity contribution is -0.0117. The van der Waals surface area contributed by atoms with E-state index in [0.717, 1.165) is 17.3 Å². The van der Waals surface area contributed by atoms with Gasteiger partial charge in [0.05, 0.1) is 11.6 Å². The fraction of sp³-hybridized carbons (Fsp3) is 0.368. The number of ether oxygens (including phenoxy) is 1. The maximum Gasteiger partial charge on any atom is 0.161 e. The number of anilines is 1. The highest BCUT2D eigenvalue weighted by atomic mass is 127. The van der Waals surface area contributed by atoms with Crippen LogP contribution in [0.3, 0.4) is 0 Å². The number of aliphatic hydroxyl groups is 1. The molecular weight excluding hydrogens is 457 g/mol. The molecular formula is C19H20IN5O2. The van der Waals surface area contributed by atoms with Crippen molar-refractivity contribution in [1.82, 2.24) is 9.97 Å². The molecule has 2 aromatic rings. The lowest BCUT2D eigenvalue weighted by Gasteiger charge is -2.28. The molecule has 2 aromatic heterocycles. The number of aromatic nitrogens is 2. The fourth-order valence-electron chi connectivity index (χ4n) is 2.93. The third-order valence-corrected chi connectivity index (χ3v) is 5.00. The number of aliphatic hydroxyl groups excluding tert-OH is 1. The Balaban J connectivity index is 1.88. The van der Waals surface area contributed by atoms with Crippen LogP contribution in [0.15, 0.2) is 53.9 Å². The number of pyridine rings is 2. The molecule has 1 aliphatic rings. The Morgan fingerprint density at radius 2 is 1.96 bits per heavy atom. The second kappa shape index (κ2) is 9.73. The van der Waals surface area contributed by atoms with Gasteiger partial charge >= 0.3 is 0 Å². The van der Waals surface area contributed by atoms with E-state index in [0.29, 0.717) is 18.1 Å². The molecule has 0 saturated carbocycles. The average Bonchev–Trinajstić information content (AvgIpc) is 3.06. The van der Waals surface area contributed by atoms with Gasteiger partial charge in [-0.25, -0.2) is 9.99 Å². The SMILES string of the molecule is N#CC1=NN(c2ccccn2)C(O)C1C(OCCCCI)c1ccccn1. The normalized spacial score (nSPS) is 20.2. The maximum absolute atomic E-state index is 10.9. The van der Waals surface area contributed by atoms with Gasteiger partial charge in [0.15, 0.2) is 12.0 Å². The van der Waals surface area contributed by atoms with Crippen LogP contribution in [-0.2, 0) is 4.74 Å². The molecule has 3 rings (SSSR count). The number of halogens is 1. The van der Waals surface area contributed by atoms with E-state index in [4.69, 9.17) is 4.74 Å². The Labute approximate surface area is 171 Å². The third kappa shape index (κ3) is 4.61. The van der Waals surface area contributed by atoms with E-state index in [2.05, 4.69) is 43.7 Å². The first-order chi connectivity index (χ1) is 13.3. The molecule has 0 saturated heterocycles. The van der Waals surface area contributed by atoms with Crippen LogP contribution in [0.4, 0.5) is 5.82 Å². The molecule has 7 nitrogen and oxygen atoms in total. The Bertz CT molecular complexity index is 797. The van der Waals surface area contributed by atoms with Gasteiger partial charge in [-0.2, -0.15) is 10.4 Å². The Morgan fingerprint density at radius 1 is 1.19 bits per heavy atom. The zero-order valence-electron chi connectivity index (χ0n) is 14.6. The Hall–Kier alpha value is -2.09. The van der Waals surface area contributed by atoms with Gasteiger partial charge in [0.1, 0.15) is 17.9 Å². The first-order valence-corrected chi connectivity index (χ1v) is 10.2. The summed E-state index contributed by atoms with van der Waals surface area (Å²) in [4.78, 5) is 8.61. The number of rotatable bonds is 8. The van der Waals surface area contributed by atoms with Crippen molar-refractivity contribution in [2.45, 2.75) is 25.2 Å². The van der Waals surface area contributed by atoms with E-state index in [-0.39, 0.29) is 5.71 Å². The first-order valence-electron chi connectivity index (χ1n) is 8.71. The van der Waals surface area contributed by atoms with Gasteiger partial charge < -0.3 is 9.84 Å². The minimum absolute atomic E-state index is 0.206. The van der Waals surface area contributed by atoms with Crippen LogP contribution >= 0.6 is 22.6 Å². The smallest absolute Gasteiger partial charge is 0.161 e. The summed E-state index contributed by atoms with van der Waals surface area (Å²) in [7, 11) is 0. The van der Waals surface area contributed by atoms with E-state index >= 15 is 0 Å². The Kier molecular flexibility index (Phi) is 7.09. The van der Waals surface area contributed by atoms with Gasteiger partial charge in [0.2, 0.25) is 0 Å². The number of alkyl halides is 1. The number of nitrogens with zero attached hydrogens (tertiary/aromatic N) is 5. The van der Waals surface area contributed by atoms with Gasteiger partial charge in [-0.1, -0.05) is 34.7 Å². The van der Waals surface area contributed by atoms with Crippen LogP contribution in [0.1, 0.15) is 24.6 Å². The summed E-state index contributed by atoms with van der Waals surface area (Å²) in [5.41, 5.74) is 0.875. The van der Waals surface area contributed by atoms with Crippen LogP contribution in [0.2, 0.25) is 0 Å². The van der Waals surface area contributed by atoms with Crippen molar-refractivity contribution in [2.24, 2.45) is 11.0 Å². The molecule has 0 fully saturated rings. The quantitative estimate of drug-likeness (QED) is 0.357. The topological polar surface area (TPSA) is 94.6 Å². The highest BCUT2D eigenvalue weighted by Crippen LogP contribution is 2.36. The van der Waals surface area contributed by atoms with Crippen molar-refractivity contribution in [1.29, 1.82) is 5.26 Å². The van der Waals surface area contributed by atoms with Crippen LogP contribution in [0.5, 0.6) is 0 Å². The second-order valence-electron chi connectivity index (χ2n) is 6.01. The molecule has 0 amide bonds. The predicted octanol–water partition coefficient (Wildman–Crippen LogP) is 3.08. The van der Waals surface area contributed by atoms with Gasteiger partial charge in [-0.3, -0.25) is 4.98 Å².